The largest absolute Gasteiger partial charge is 0.385 e. The maximum atomic E-state index is 12.1. The van der Waals surface area contributed by atoms with Gasteiger partial charge in [0.1, 0.15) is 11.4 Å². The quantitative estimate of drug-likeness (QED) is 0.852. The molecule has 2 rings (SSSR count). The summed E-state index contributed by atoms with van der Waals surface area (Å²) >= 11 is 0. The number of carbonyl (C=O) groups excluding carboxylic acids is 1. The molecule has 2 amide bonds. The van der Waals surface area contributed by atoms with Gasteiger partial charge >= 0.3 is 6.03 Å². The fraction of sp³-hybridized carbons (Fsp3) is 0.867. The molecular formula is C15H27N3O. The highest BCUT2D eigenvalue weighted by Crippen LogP contribution is 2.43. The maximum absolute atomic E-state index is 12.1. The smallest absolute Gasteiger partial charge is 0.346 e. The van der Waals surface area contributed by atoms with E-state index in [9.17, 15) is 4.79 Å². The molecule has 2 aliphatic rings. The van der Waals surface area contributed by atoms with Crippen molar-refractivity contribution in [2.45, 2.75) is 58.9 Å². The molecule has 4 heteroatoms. The van der Waals surface area contributed by atoms with Crippen molar-refractivity contribution in [2.75, 3.05) is 6.54 Å². The first-order valence-corrected chi connectivity index (χ1v) is 7.53. The molecule has 1 saturated carbocycles. The summed E-state index contributed by atoms with van der Waals surface area (Å²) in [5, 5.41) is 0. The molecule has 1 heterocycles. The van der Waals surface area contributed by atoms with E-state index in [0.29, 0.717) is 23.6 Å². The summed E-state index contributed by atoms with van der Waals surface area (Å²) in [5.41, 5.74) is 5.87. The van der Waals surface area contributed by atoms with E-state index in [1.54, 1.807) is 0 Å². The molecule has 2 atom stereocenters. The van der Waals surface area contributed by atoms with Gasteiger partial charge < -0.3 is 10.6 Å². The van der Waals surface area contributed by atoms with E-state index in [1.165, 1.54) is 6.42 Å². The molecule has 108 valence electrons. The normalized spacial score (nSPS) is 31.7. The summed E-state index contributed by atoms with van der Waals surface area (Å²) < 4.78 is 0. The molecule has 0 bridgehead atoms. The van der Waals surface area contributed by atoms with Gasteiger partial charge in [-0.1, -0.05) is 40.5 Å². The Balaban J connectivity index is 2.27. The van der Waals surface area contributed by atoms with E-state index < -0.39 is 0 Å². The predicted molar refractivity (Wildman–Crippen MR) is 78.1 cm³/mol. The van der Waals surface area contributed by atoms with Gasteiger partial charge in [0.25, 0.3) is 0 Å². The lowest BCUT2D eigenvalue weighted by molar-refractivity contribution is 0.0973. The van der Waals surface area contributed by atoms with E-state index in [4.69, 9.17) is 5.73 Å². The summed E-state index contributed by atoms with van der Waals surface area (Å²) in [6.07, 6.45) is 4.35. The summed E-state index contributed by atoms with van der Waals surface area (Å²) in [6, 6.07) is -0.129. The molecule has 0 aromatic carbocycles. The summed E-state index contributed by atoms with van der Waals surface area (Å²) in [6.45, 7) is 9.56. The van der Waals surface area contributed by atoms with Gasteiger partial charge in [0.15, 0.2) is 0 Å². The molecule has 2 unspecified atom stereocenters. The zero-order valence-corrected chi connectivity index (χ0v) is 12.6. The topological polar surface area (TPSA) is 58.7 Å². The Hall–Kier alpha value is -1.06. The van der Waals surface area contributed by atoms with Gasteiger partial charge in [-0.25, -0.2) is 4.79 Å². The van der Waals surface area contributed by atoms with E-state index in [1.807, 2.05) is 4.90 Å². The van der Waals surface area contributed by atoms with Crippen LogP contribution in [0.1, 0.15) is 53.4 Å². The maximum Gasteiger partial charge on any atom is 0.346 e. The number of nitrogens with two attached hydrogens (primary N) is 1. The second kappa shape index (κ2) is 5.14. The fourth-order valence-corrected chi connectivity index (χ4v) is 3.55. The van der Waals surface area contributed by atoms with Crippen molar-refractivity contribution < 1.29 is 4.79 Å². The van der Waals surface area contributed by atoms with Crippen molar-refractivity contribution in [1.82, 2.24) is 4.90 Å². The Morgan fingerprint density at radius 1 is 1.42 bits per heavy atom. The minimum absolute atomic E-state index is 0.129. The lowest BCUT2D eigenvalue weighted by Gasteiger charge is -2.45. The molecule has 0 aromatic heterocycles. The zero-order chi connectivity index (χ0) is 14.2. The van der Waals surface area contributed by atoms with Crippen LogP contribution in [0, 0.1) is 17.8 Å². The fourth-order valence-electron chi connectivity index (χ4n) is 3.55. The molecule has 1 fully saturated rings. The molecule has 0 radical (unpaired) electrons. The Labute approximate surface area is 116 Å². The third kappa shape index (κ3) is 2.49. The van der Waals surface area contributed by atoms with Crippen LogP contribution >= 0.6 is 0 Å². The number of carbonyl (C=O) groups is 1. The minimum atomic E-state index is -0.283. The third-order valence-corrected chi connectivity index (χ3v) is 4.70. The van der Waals surface area contributed by atoms with Crippen LogP contribution in [0.4, 0.5) is 4.79 Å². The molecule has 1 aliphatic carbocycles. The Morgan fingerprint density at radius 3 is 2.68 bits per heavy atom. The molecule has 0 aromatic rings. The van der Waals surface area contributed by atoms with Crippen LogP contribution in [0.5, 0.6) is 0 Å². The van der Waals surface area contributed by atoms with Gasteiger partial charge in [0, 0.05) is 6.54 Å². The van der Waals surface area contributed by atoms with Crippen LogP contribution in [-0.4, -0.2) is 28.9 Å². The van der Waals surface area contributed by atoms with Gasteiger partial charge in [-0.2, -0.15) is 4.99 Å². The number of urea groups is 1. The highest BCUT2D eigenvalue weighted by atomic mass is 16.2. The highest BCUT2D eigenvalue weighted by Gasteiger charge is 2.51. The third-order valence-electron chi connectivity index (χ3n) is 4.70. The number of amidine groups is 1. The first-order valence-electron chi connectivity index (χ1n) is 7.53. The lowest BCUT2D eigenvalue weighted by atomic mass is 9.70. The number of nitrogens with zero attached hydrogens (tertiary/aromatic N) is 2. The van der Waals surface area contributed by atoms with Gasteiger partial charge in [0.2, 0.25) is 0 Å². The Kier molecular flexibility index (Phi) is 3.88. The van der Waals surface area contributed by atoms with Crippen LogP contribution in [0.15, 0.2) is 4.99 Å². The second-order valence-electron chi connectivity index (χ2n) is 6.92. The van der Waals surface area contributed by atoms with Crippen molar-refractivity contribution in [1.29, 1.82) is 0 Å². The first kappa shape index (κ1) is 14.4. The van der Waals surface area contributed by atoms with Crippen LogP contribution in [0.25, 0.3) is 0 Å². The number of hydrogen-bond acceptors (Lipinski definition) is 2. The van der Waals surface area contributed by atoms with E-state index >= 15 is 0 Å². The number of aliphatic imine (C=N–C) groups is 1. The number of hydrogen-bond donors (Lipinski definition) is 1. The van der Waals surface area contributed by atoms with Gasteiger partial charge in [-0.05, 0) is 30.6 Å². The lowest BCUT2D eigenvalue weighted by Crippen LogP contribution is -2.57. The summed E-state index contributed by atoms with van der Waals surface area (Å²) in [4.78, 5) is 18.2. The molecular weight excluding hydrogens is 238 g/mol. The van der Waals surface area contributed by atoms with Crippen molar-refractivity contribution in [3.63, 3.8) is 0 Å². The van der Waals surface area contributed by atoms with Crippen molar-refractivity contribution in [3.05, 3.63) is 0 Å². The predicted octanol–water partition coefficient (Wildman–Crippen LogP) is 3.02. The number of amides is 2. The monoisotopic (exact) mass is 265 g/mol. The SMILES string of the molecule is CC(C)CN1C(=O)N=C(N)C12CCCC(C(C)C)C2. The molecule has 0 saturated heterocycles. The van der Waals surface area contributed by atoms with E-state index in [2.05, 4.69) is 32.7 Å². The molecule has 4 nitrogen and oxygen atoms in total. The van der Waals surface area contributed by atoms with Gasteiger partial charge in [-0.3, -0.25) is 0 Å². The average Bonchev–Trinajstić information content (AvgIpc) is 2.54. The van der Waals surface area contributed by atoms with E-state index in [-0.39, 0.29) is 11.6 Å². The van der Waals surface area contributed by atoms with E-state index in [0.717, 1.165) is 25.8 Å². The molecule has 1 aliphatic heterocycles. The van der Waals surface area contributed by atoms with Gasteiger partial charge in [-0.15, -0.1) is 0 Å². The summed E-state index contributed by atoms with van der Waals surface area (Å²) in [7, 11) is 0. The number of rotatable bonds is 3. The Morgan fingerprint density at radius 2 is 2.11 bits per heavy atom. The molecule has 1 spiro atoms. The van der Waals surface area contributed by atoms with Crippen LogP contribution in [0.3, 0.4) is 0 Å². The average molecular weight is 265 g/mol. The minimum Gasteiger partial charge on any atom is -0.385 e. The van der Waals surface area contributed by atoms with Crippen LogP contribution in [0.2, 0.25) is 0 Å². The van der Waals surface area contributed by atoms with Crippen molar-refractivity contribution in [2.24, 2.45) is 28.5 Å². The summed E-state index contributed by atoms with van der Waals surface area (Å²) in [5.74, 6) is 2.29. The van der Waals surface area contributed by atoms with Gasteiger partial charge in [0.05, 0.1) is 0 Å². The zero-order valence-electron chi connectivity index (χ0n) is 12.6. The first-order chi connectivity index (χ1) is 8.86. The molecule has 2 N–H and O–H groups in total. The highest BCUT2D eigenvalue weighted by molar-refractivity contribution is 6.05. The molecule has 19 heavy (non-hydrogen) atoms. The second-order valence-corrected chi connectivity index (χ2v) is 6.92. The van der Waals surface area contributed by atoms with Crippen molar-refractivity contribution in [3.8, 4) is 0 Å². The standard InChI is InChI=1S/C15H27N3O/c1-10(2)9-18-14(19)17-13(16)15(18)7-5-6-12(8-15)11(3)4/h10-12H,5-9H2,1-4H3,(H2,16,17,19). The van der Waals surface area contributed by atoms with Crippen LogP contribution < -0.4 is 5.73 Å². The van der Waals surface area contributed by atoms with Crippen molar-refractivity contribution >= 4 is 11.9 Å². The van der Waals surface area contributed by atoms with Crippen LogP contribution in [-0.2, 0) is 0 Å². The Bertz CT molecular complexity index is 389.